The summed E-state index contributed by atoms with van der Waals surface area (Å²) in [6, 6.07) is 10.7. The van der Waals surface area contributed by atoms with Gasteiger partial charge in [-0.15, -0.1) is 0 Å². The van der Waals surface area contributed by atoms with Gasteiger partial charge < -0.3 is 20.2 Å². The van der Waals surface area contributed by atoms with E-state index < -0.39 is 5.60 Å². The first-order valence-electron chi connectivity index (χ1n) is 7.46. The van der Waals surface area contributed by atoms with Gasteiger partial charge in [0.15, 0.2) is 0 Å². The molecule has 5 nitrogen and oxygen atoms in total. The van der Waals surface area contributed by atoms with Crippen LogP contribution in [0.3, 0.4) is 0 Å². The Morgan fingerprint density at radius 3 is 2.82 bits per heavy atom. The van der Waals surface area contributed by atoms with E-state index in [0.29, 0.717) is 5.76 Å². The van der Waals surface area contributed by atoms with Gasteiger partial charge in [0.2, 0.25) is 0 Å². The zero-order valence-corrected chi connectivity index (χ0v) is 12.5. The van der Waals surface area contributed by atoms with Gasteiger partial charge in [0.25, 0.3) is 0 Å². The third-order valence-electron chi connectivity index (χ3n) is 3.99. The fourth-order valence-corrected chi connectivity index (χ4v) is 2.63. The van der Waals surface area contributed by atoms with E-state index in [9.17, 15) is 9.90 Å². The molecule has 1 aliphatic rings. The summed E-state index contributed by atoms with van der Waals surface area (Å²) in [5, 5.41) is 16.3. The summed E-state index contributed by atoms with van der Waals surface area (Å²) in [4.78, 5) is 12.0. The summed E-state index contributed by atoms with van der Waals surface area (Å²) in [6.07, 6.45) is 3.42. The normalized spacial score (nSPS) is 16.8. The SMILES string of the molecule is Cc1cccc(NC(=O)NCC(O)(c2ccco2)C2CC2)c1. The summed E-state index contributed by atoms with van der Waals surface area (Å²) >= 11 is 0. The number of rotatable bonds is 5. The summed E-state index contributed by atoms with van der Waals surface area (Å²) in [6.45, 7) is 2.09. The van der Waals surface area contributed by atoms with E-state index in [1.807, 2.05) is 31.2 Å². The molecule has 3 rings (SSSR count). The van der Waals surface area contributed by atoms with E-state index in [0.717, 1.165) is 24.1 Å². The molecule has 1 aliphatic carbocycles. The Labute approximate surface area is 129 Å². The van der Waals surface area contributed by atoms with E-state index >= 15 is 0 Å². The monoisotopic (exact) mass is 300 g/mol. The standard InChI is InChI=1S/C17H20N2O3/c1-12-4-2-5-14(10-12)19-16(20)18-11-17(21,13-7-8-13)15-6-3-9-22-15/h2-6,9-10,13,21H,7-8,11H2,1H3,(H2,18,19,20). The predicted molar refractivity (Wildman–Crippen MR) is 83.5 cm³/mol. The Morgan fingerprint density at radius 2 is 2.18 bits per heavy atom. The fraction of sp³-hybridized carbons (Fsp3) is 0.353. The fourth-order valence-electron chi connectivity index (χ4n) is 2.63. The highest BCUT2D eigenvalue weighted by Gasteiger charge is 2.47. The molecule has 1 atom stereocenters. The third-order valence-corrected chi connectivity index (χ3v) is 3.99. The van der Waals surface area contributed by atoms with E-state index in [4.69, 9.17) is 4.42 Å². The first kappa shape index (κ1) is 14.7. The summed E-state index contributed by atoms with van der Waals surface area (Å²) in [7, 11) is 0. The lowest BCUT2D eigenvalue weighted by molar-refractivity contribution is -0.00414. The van der Waals surface area contributed by atoms with Crippen LogP contribution >= 0.6 is 0 Å². The van der Waals surface area contributed by atoms with Crippen molar-refractivity contribution >= 4 is 11.7 Å². The van der Waals surface area contributed by atoms with Crippen molar-refractivity contribution in [2.24, 2.45) is 5.92 Å². The molecule has 2 amide bonds. The topological polar surface area (TPSA) is 74.5 Å². The molecule has 1 unspecified atom stereocenters. The zero-order valence-electron chi connectivity index (χ0n) is 12.5. The molecule has 1 aromatic carbocycles. The van der Waals surface area contributed by atoms with Crippen molar-refractivity contribution in [2.45, 2.75) is 25.4 Å². The van der Waals surface area contributed by atoms with Crippen LogP contribution in [-0.4, -0.2) is 17.7 Å². The molecule has 1 aromatic heterocycles. The number of hydrogen-bond acceptors (Lipinski definition) is 3. The second-order valence-electron chi connectivity index (χ2n) is 5.85. The largest absolute Gasteiger partial charge is 0.466 e. The Kier molecular flexibility index (Phi) is 3.90. The van der Waals surface area contributed by atoms with Crippen LogP contribution in [0.5, 0.6) is 0 Å². The van der Waals surface area contributed by atoms with Crippen LogP contribution in [0.25, 0.3) is 0 Å². The lowest BCUT2D eigenvalue weighted by Gasteiger charge is -2.26. The Morgan fingerprint density at radius 1 is 1.36 bits per heavy atom. The lowest BCUT2D eigenvalue weighted by atomic mass is 9.94. The molecular formula is C17H20N2O3. The van der Waals surface area contributed by atoms with Crippen molar-refractivity contribution in [3.63, 3.8) is 0 Å². The van der Waals surface area contributed by atoms with Crippen molar-refractivity contribution in [3.8, 4) is 0 Å². The average molecular weight is 300 g/mol. The first-order chi connectivity index (χ1) is 10.6. The number of aliphatic hydroxyl groups is 1. The molecule has 22 heavy (non-hydrogen) atoms. The number of benzene rings is 1. The van der Waals surface area contributed by atoms with Gasteiger partial charge in [-0.3, -0.25) is 0 Å². The van der Waals surface area contributed by atoms with Crippen LogP contribution in [0.2, 0.25) is 0 Å². The third kappa shape index (κ3) is 3.14. The number of amides is 2. The van der Waals surface area contributed by atoms with E-state index in [2.05, 4.69) is 10.6 Å². The minimum Gasteiger partial charge on any atom is -0.466 e. The number of furan rings is 1. The maximum atomic E-state index is 12.0. The Balaban J connectivity index is 1.62. The van der Waals surface area contributed by atoms with Crippen molar-refractivity contribution in [2.75, 3.05) is 11.9 Å². The summed E-state index contributed by atoms with van der Waals surface area (Å²) in [5.74, 6) is 0.642. The van der Waals surface area contributed by atoms with Gasteiger partial charge >= 0.3 is 6.03 Å². The van der Waals surface area contributed by atoms with E-state index in [1.54, 1.807) is 12.1 Å². The second kappa shape index (κ2) is 5.85. The van der Waals surface area contributed by atoms with Gasteiger partial charge in [-0.1, -0.05) is 12.1 Å². The molecule has 0 aliphatic heterocycles. The molecule has 1 saturated carbocycles. The molecule has 0 spiro atoms. The predicted octanol–water partition coefficient (Wildman–Crippen LogP) is 3.01. The van der Waals surface area contributed by atoms with Crippen LogP contribution in [0.4, 0.5) is 10.5 Å². The van der Waals surface area contributed by atoms with Crippen LogP contribution in [-0.2, 0) is 5.60 Å². The summed E-state index contributed by atoms with van der Waals surface area (Å²) in [5.41, 5.74) is 0.668. The minimum atomic E-state index is -1.13. The highest BCUT2D eigenvalue weighted by molar-refractivity contribution is 5.89. The van der Waals surface area contributed by atoms with Gasteiger partial charge in [0.1, 0.15) is 11.4 Å². The van der Waals surface area contributed by atoms with Crippen molar-refractivity contribution in [3.05, 3.63) is 54.0 Å². The van der Waals surface area contributed by atoms with Crippen molar-refractivity contribution in [1.82, 2.24) is 5.32 Å². The lowest BCUT2D eigenvalue weighted by Crippen LogP contribution is -2.43. The number of nitrogens with one attached hydrogen (secondary N) is 2. The number of anilines is 1. The Hall–Kier alpha value is -2.27. The maximum Gasteiger partial charge on any atom is 0.319 e. The summed E-state index contributed by atoms with van der Waals surface area (Å²) < 4.78 is 5.34. The molecule has 116 valence electrons. The number of carbonyl (C=O) groups is 1. The molecule has 0 radical (unpaired) electrons. The van der Waals surface area contributed by atoms with E-state index in [1.165, 1.54) is 6.26 Å². The first-order valence-corrected chi connectivity index (χ1v) is 7.46. The molecule has 0 saturated heterocycles. The van der Waals surface area contributed by atoms with Crippen LogP contribution in [0.15, 0.2) is 47.1 Å². The maximum absolute atomic E-state index is 12.0. The molecule has 1 heterocycles. The number of hydrogen-bond donors (Lipinski definition) is 3. The number of carbonyl (C=O) groups excluding carboxylic acids is 1. The highest BCUT2D eigenvalue weighted by Crippen LogP contribution is 2.45. The van der Waals surface area contributed by atoms with Crippen molar-refractivity contribution in [1.29, 1.82) is 0 Å². The van der Waals surface area contributed by atoms with Gasteiger partial charge in [-0.05, 0) is 55.5 Å². The van der Waals surface area contributed by atoms with Gasteiger partial charge in [0.05, 0.1) is 12.8 Å². The van der Waals surface area contributed by atoms with Gasteiger partial charge in [0, 0.05) is 5.69 Å². The second-order valence-corrected chi connectivity index (χ2v) is 5.85. The molecule has 1 fully saturated rings. The zero-order chi connectivity index (χ0) is 15.6. The minimum absolute atomic E-state index is 0.128. The van der Waals surface area contributed by atoms with Gasteiger partial charge in [-0.2, -0.15) is 0 Å². The number of urea groups is 1. The molecule has 3 N–H and O–H groups in total. The average Bonchev–Trinajstić information content (AvgIpc) is 3.20. The number of aryl methyl sites for hydroxylation is 1. The quantitative estimate of drug-likeness (QED) is 0.794. The van der Waals surface area contributed by atoms with Crippen LogP contribution in [0.1, 0.15) is 24.2 Å². The van der Waals surface area contributed by atoms with Crippen LogP contribution in [0, 0.1) is 12.8 Å². The molecular weight excluding hydrogens is 280 g/mol. The van der Waals surface area contributed by atoms with Crippen LogP contribution < -0.4 is 10.6 Å². The molecule has 5 heteroatoms. The van der Waals surface area contributed by atoms with Crippen molar-refractivity contribution < 1.29 is 14.3 Å². The highest BCUT2D eigenvalue weighted by atomic mass is 16.4. The van der Waals surface area contributed by atoms with Gasteiger partial charge in [-0.25, -0.2) is 4.79 Å². The van der Waals surface area contributed by atoms with E-state index in [-0.39, 0.29) is 18.5 Å². The smallest absolute Gasteiger partial charge is 0.319 e. The Bertz CT molecular complexity index is 650. The molecule has 2 aromatic rings. The molecule has 0 bridgehead atoms.